The van der Waals surface area contributed by atoms with Crippen LogP contribution in [0.3, 0.4) is 0 Å². The molecule has 0 saturated carbocycles. The zero-order valence-corrected chi connectivity index (χ0v) is 18.9. The maximum Gasteiger partial charge on any atom is 0.309 e. The monoisotopic (exact) mass is 419 g/mol. The number of ether oxygens (including phenoxy) is 1. The van der Waals surface area contributed by atoms with Gasteiger partial charge < -0.3 is 9.84 Å². The van der Waals surface area contributed by atoms with E-state index in [1.54, 1.807) is 0 Å². The third-order valence-electron chi connectivity index (χ3n) is 6.73. The Kier molecular flexibility index (Phi) is 6.47. The van der Waals surface area contributed by atoms with Crippen molar-refractivity contribution in [3.8, 4) is 5.75 Å². The number of likely N-dealkylation sites (tertiary alicyclic amines) is 1. The van der Waals surface area contributed by atoms with Crippen LogP contribution in [0.15, 0.2) is 48.0 Å². The Morgan fingerprint density at radius 2 is 1.87 bits per heavy atom. The molecule has 0 radical (unpaired) electrons. The van der Waals surface area contributed by atoms with Crippen molar-refractivity contribution in [2.75, 3.05) is 26.2 Å². The number of nitrogens with zero attached hydrogens (tertiary/aromatic N) is 1. The molecule has 0 unspecified atom stereocenters. The van der Waals surface area contributed by atoms with Crippen LogP contribution in [-0.2, 0) is 17.6 Å². The molecule has 2 aliphatic rings. The summed E-state index contributed by atoms with van der Waals surface area (Å²) in [7, 11) is 0. The van der Waals surface area contributed by atoms with E-state index in [0.29, 0.717) is 25.6 Å². The third-order valence-corrected chi connectivity index (χ3v) is 6.73. The Bertz CT molecular complexity index is 968. The molecule has 1 aliphatic heterocycles. The highest BCUT2D eigenvalue weighted by Crippen LogP contribution is 2.34. The number of allylic oxidation sites excluding steroid dienone is 1. The van der Waals surface area contributed by atoms with Crippen molar-refractivity contribution < 1.29 is 14.6 Å². The first-order chi connectivity index (χ1) is 14.9. The molecular weight excluding hydrogens is 386 g/mol. The minimum absolute atomic E-state index is 0.190. The van der Waals surface area contributed by atoms with E-state index < -0.39 is 5.97 Å². The van der Waals surface area contributed by atoms with Crippen molar-refractivity contribution in [1.82, 2.24) is 4.90 Å². The molecule has 0 atom stereocenters. The molecule has 1 N–H and O–H groups in total. The average molecular weight is 420 g/mol. The molecule has 2 aromatic carbocycles. The fourth-order valence-electron chi connectivity index (χ4n) is 4.57. The van der Waals surface area contributed by atoms with Crippen LogP contribution in [0.1, 0.15) is 55.4 Å². The van der Waals surface area contributed by atoms with Gasteiger partial charge in [0, 0.05) is 26.1 Å². The molecule has 0 aromatic heterocycles. The number of benzene rings is 2. The number of hydrogen-bond acceptors (Lipinski definition) is 3. The summed E-state index contributed by atoms with van der Waals surface area (Å²) in [5.41, 5.74) is 8.13. The van der Waals surface area contributed by atoms with Gasteiger partial charge in [-0.15, -0.1) is 0 Å². The maximum absolute atomic E-state index is 11.0. The van der Waals surface area contributed by atoms with Gasteiger partial charge in [0.1, 0.15) is 5.75 Å². The van der Waals surface area contributed by atoms with Crippen molar-refractivity contribution in [2.45, 2.75) is 46.0 Å². The number of fused-ring (bicyclic) bond motifs is 1. The summed E-state index contributed by atoms with van der Waals surface area (Å²) in [6.45, 7) is 9.55. The molecule has 4 nitrogen and oxygen atoms in total. The summed E-state index contributed by atoms with van der Waals surface area (Å²) < 4.78 is 6.06. The number of aryl methyl sites for hydroxylation is 1. The Hall–Kier alpha value is -2.59. The molecule has 0 amide bonds. The highest BCUT2D eigenvalue weighted by atomic mass is 16.5. The van der Waals surface area contributed by atoms with E-state index in [9.17, 15) is 4.79 Å². The van der Waals surface area contributed by atoms with E-state index in [4.69, 9.17) is 9.84 Å². The van der Waals surface area contributed by atoms with E-state index >= 15 is 0 Å². The second-order valence-corrected chi connectivity index (χ2v) is 9.27. The number of aliphatic carboxylic acids is 1. The van der Waals surface area contributed by atoms with Crippen molar-refractivity contribution in [2.24, 2.45) is 5.92 Å². The molecule has 0 spiro atoms. The van der Waals surface area contributed by atoms with E-state index in [0.717, 1.165) is 31.6 Å². The van der Waals surface area contributed by atoms with Crippen LogP contribution in [0.5, 0.6) is 5.75 Å². The molecule has 2 aromatic rings. The standard InChI is InChI=1S/C27H33NO3/c1-18(2)21-6-4-20(5-7-21)12-13-31-25-10-11-26-19(3)23(9-8-22(26)14-25)15-28-16-24(17-28)27(29)30/h4-7,10-11,14,18,24H,8-9,12-13,15-17H2,1-3H3,(H,29,30). The van der Waals surface area contributed by atoms with Gasteiger partial charge in [0.15, 0.2) is 0 Å². The summed E-state index contributed by atoms with van der Waals surface area (Å²) in [5.74, 6) is 0.646. The van der Waals surface area contributed by atoms with Crippen LogP contribution < -0.4 is 4.74 Å². The first-order valence-corrected chi connectivity index (χ1v) is 11.4. The Labute approximate surface area is 185 Å². The zero-order chi connectivity index (χ0) is 22.0. The quantitative estimate of drug-likeness (QED) is 0.641. The van der Waals surface area contributed by atoms with Gasteiger partial charge in [-0.3, -0.25) is 9.69 Å². The fraction of sp³-hybridized carbons (Fsp3) is 0.444. The summed E-state index contributed by atoms with van der Waals surface area (Å²) in [4.78, 5) is 13.3. The number of hydrogen-bond donors (Lipinski definition) is 1. The van der Waals surface area contributed by atoms with Crippen molar-refractivity contribution in [1.29, 1.82) is 0 Å². The predicted octanol–water partition coefficient (Wildman–Crippen LogP) is 5.17. The first kappa shape index (κ1) is 21.6. The van der Waals surface area contributed by atoms with Crippen molar-refractivity contribution in [3.63, 3.8) is 0 Å². The Morgan fingerprint density at radius 3 is 2.55 bits per heavy atom. The summed E-state index contributed by atoms with van der Waals surface area (Å²) in [6.07, 6.45) is 2.97. The third kappa shape index (κ3) is 5.01. The molecule has 31 heavy (non-hydrogen) atoms. The maximum atomic E-state index is 11.0. The SMILES string of the molecule is CC1=C(CN2CC(C(=O)O)C2)CCc2cc(OCCc3ccc(C(C)C)cc3)ccc21. The normalized spacial score (nSPS) is 16.9. The van der Waals surface area contributed by atoms with E-state index in [1.807, 2.05) is 0 Å². The lowest BCUT2D eigenvalue weighted by Crippen LogP contribution is -2.50. The molecule has 164 valence electrons. The van der Waals surface area contributed by atoms with Gasteiger partial charge in [-0.25, -0.2) is 0 Å². The lowest BCUT2D eigenvalue weighted by Gasteiger charge is -2.38. The molecule has 1 fully saturated rings. The lowest BCUT2D eigenvalue weighted by molar-refractivity contribution is -0.147. The van der Waals surface area contributed by atoms with Crippen LogP contribution >= 0.6 is 0 Å². The second-order valence-electron chi connectivity index (χ2n) is 9.27. The number of rotatable bonds is 8. The lowest BCUT2D eigenvalue weighted by atomic mass is 9.85. The highest BCUT2D eigenvalue weighted by Gasteiger charge is 2.33. The molecule has 4 rings (SSSR count). The van der Waals surface area contributed by atoms with Crippen LogP contribution in [0.4, 0.5) is 0 Å². The second kappa shape index (κ2) is 9.27. The zero-order valence-electron chi connectivity index (χ0n) is 18.9. The molecule has 4 heteroatoms. The fourth-order valence-corrected chi connectivity index (χ4v) is 4.57. The Balaban J connectivity index is 1.33. The summed E-state index contributed by atoms with van der Waals surface area (Å²) in [5, 5.41) is 9.07. The van der Waals surface area contributed by atoms with Gasteiger partial charge in [0.25, 0.3) is 0 Å². The topological polar surface area (TPSA) is 49.8 Å². The highest BCUT2D eigenvalue weighted by molar-refractivity contribution is 5.73. The minimum Gasteiger partial charge on any atom is -0.493 e. The van der Waals surface area contributed by atoms with Crippen LogP contribution in [0.25, 0.3) is 5.57 Å². The molecule has 0 bridgehead atoms. The van der Waals surface area contributed by atoms with Crippen LogP contribution in [0.2, 0.25) is 0 Å². The van der Waals surface area contributed by atoms with Gasteiger partial charge in [-0.1, -0.05) is 49.8 Å². The largest absolute Gasteiger partial charge is 0.493 e. The van der Waals surface area contributed by atoms with Crippen LogP contribution in [0, 0.1) is 5.92 Å². The van der Waals surface area contributed by atoms with Crippen LogP contribution in [-0.4, -0.2) is 42.2 Å². The molecule has 1 heterocycles. The summed E-state index contributed by atoms with van der Waals surface area (Å²) >= 11 is 0. The Morgan fingerprint density at radius 1 is 1.13 bits per heavy atom. The number of carbonyl (C=O) groups is 1. The molecule has 1 aliphatic carbocycles. The van der Waals surface area contributed by atoms with Gasteiger partial charge >= 0.3 is 5.97 Å². The van der Waals surface area contributed by atoms with Crippen molar-refractivity contribution >= 4 is 11.5 Å². The molecular formula is C27H33NO3. The average Bonchev–Trinajstić information content (AvgIpc) is 2.72. The van der Waals surface area contributed by atoms with Crippen molar-refractivity contribution in [3.05, 3.63) is 70.3 Å². The smallest absolute Gasteiger partial charge is 0.309 e. The predicted molar refractivity (Wildman–Crippen MR) is 125 cm³/mol. The van der Waals surface area contributed by atoms with Gasteiger partial charge in [0.2, 0.25) is 0 Å². The summed E-state index contributed by atoms with van der Waals surface area (Å²) in [6, 6.07) is 15.3. The van der Waals surface area contributed by atoms with Gasteiger partial charge in [0.05, 0.1) is 12.5 Å². The first-order valence-electron chi connectivity index (χ1n) is 11.4. The van der Waals surface area contributed by atoms with Gasteiger partial charge in [-0.05, 0) is 65.6 Å². The van der Waals surface area contributed by atoms with E-state index in [-0.39, 0.29) is 5.92 Å². The molecule has 1 saturated heterocycles. The minimum atomic E-state index is -0.670. The van der Waals surface area contributed by atoms with Gasteiger partial charge in [-0.2, -0.15) is 0 Å². The van der Waals surface area contributed by atoms with E-state index in [2.05, 4.69) is 68.1 Å². The number of carboxylic acids is 1. The van der Waals surface area contributed by atoms with E-state index in [1.165, 1.54) is 33.4 Å². The number of carboxylic acid groups (broad SMARTS) is 1.